The van der Waals surface area contributed by atoms with Crippen LogP contribution in [0.3, 0.4) is 0 Å². The maximum atomic E-state index is 5.99. The topological polar surface area (TPSA) is 50.9 Å². The minimum absolute atomic E-state index is 0.749. The summed E-state index contributed by atoms with van der Waals surface area (Å²) in [6, 6.07) is 14.1. The Morgan fingerprint density at radius 2 is 1.85 bits per heavy atom. The van der Waals surface area contributed by atoms with Crippen LogP contribution in [0.25, 0.3) is 10.9 Å². The molecule has 0 radical (unpaired) electrons. The number of anilines is 3. The summed E-state index contributed by atoms with van der Waals surface area (Å²) in [5, 5.41) is 4.40. The molecule has 100 valence electrons. The Balaban J connectivity index is 2.06. The van der Waals surface area contributed by atoms with Gasteiger partial charge in [0.1, 0.15) is 0 Å². The lowest BCUT2D eigenvalue weighted by atomic mass is 10.1. The summed E-state index contributed by atoms with van der Waals surface area (Å²) >= 11 is 0. The fourth-order valence-corrected chi connectivity index (χ4v) is 2.27. The maximum absolute atomic E-state index is 5.99. The van der Waals surface area contributed by atoms with Crippen molar-refractivity contribution in [3.8, 4) is 0 Å². The van der Waals surface area contributed by atoms with Gasteiger partial charge in [-0.2, -0.15) is 0 Å². The molecule has 0 aliphatic rings. The minimum Gasteiger partial charge on any atom is -0.398 e. The van der Waals surface area contributed by atoms with Gasteiger partial charge in [-0.1, -0.05) is 6.07 Å². The van der Waals surface area contributed by atoms with E-state index in [1.165, 1.54) is 11.1 Å². The van der Waals surface area contributed by atoms with Gasteiger partial charge in [-0.05, 0) is 61.4 Å². The molecular weight excluding hydrogens is 246 g/mol. The van der Waals surface area contributed by atoms with Crippen molar-refractivity contribution in [3.63, 3.8) is 0 Å². The summed E-state index contributed by atoms with van der Waals surface area (Å²) in [5.74, 6) is 0. The molecule has 0 spiro atoms. The zero-order valence-electron chi connectivity index (χ0n) is 11.6. The molecule has 0 aliphatic heterocycles. The molecule has 3 aromatic rings. The number of hydrogen-bond acceptors (Lipinski definition) is 3. The second-order valence-electron chi connectivity index (χ2n) is 5.03. The summed E-state index contributed by atoms with van der Waals surface area (Å²) < 4.78 is 0. The molecule has 3 heteroatoms. The van der Waals surface area contributed by atoms with Crippen molar-refractivity contribution in [1.29, 1.82) is 0 Å². The summed E-state index contributed by atoms with van der Waals surface area (Å²) in [6.45, 7) is 4.22. The van der Waals surface area contributed by atoms with Gasteiger partial charge in [0, 0.05) is 23.0 Å². The Morgan fingerprint density at radius 3 is 2.65 bits per heavy atom. The van der Waals surface area contributed by atoms with Gasteiger partial charge in [-0.15, -0.1) is 0 Å². The molecule has 1 aromatic heterocycles. The number of hydrogen-bond donors (Lipinski definition) is 2. The van der Waals surface area contributed by atoms with Gasteiger partial charge < -0.3 is 11.1 Å². The first kappa shape index (κ1) is 12.5. The highest BCUT2D eigenvalue weighted by Crippen LogP contribution is 2.29. The van der Waals surface area contributed by atoms with Crippen LogP contribution in [0.5, 0.6) is 0 Å². The molecule has 0 bridgehead atoms. The molecule has 0 fully saturated rings. The third-order valence-corrected chi connectivity index (χ3v) is 3.59. The molecule has 1 heterocycles. The summed E-state index contributed by atoms with van der Waals surface area (Å²) in [7, 11) is 0. The van der Waals surface area contributed by atoms with E-state index in [1.807, 2.05) is 24.3 Å². The highest BCUT2D eigenvalue weighted by molar-refractivity contribution is 5.99. The third kappa shape index (κ3) is 2.18. The molecule has 3 N–H and O–H groups in total. The average molecular weight is 263 g/mol. The predicted octanol–water partition coefficient (Wildman–Crippen LogP) is 4.18. The van der Waals surface area contributed by atoms with E-state index in [1.54, 1.807) is 6.20 Å². The highest BCUT2D eigenvalue weighted by Gasteiger charge is 2.05. The van der Waals surface area contributed by atoms with Crippen LogP contribution in [0.15, 0.2) is 48.7 Å². The molecule has 0 atom stereocenters. The van der Waals surface area contributed by atoms with Crippen LogP contribution in [0.4, 0.5) is 17.1 Å². The zero-order valence-corrected chi connectivity index (χ0v) is 11.6. The van der Waals surface area contributed by atoms with E-state index < -0.39 is 0 Å². The number of rotatable bonds is 2. The van der Waals surface area contributed by atoms with Gasteiger partial charge in [0.05, 0.1) is 11.2 Å². The van der Waals surface area contributed by atoms with Gasteiger partial charge >= 0.3 is 0 Å². The molecule has 20 heavy (non-hydrogen) atoms. The van der Waals surface area contributed by atoms with Crippen molar-refractivity contribution in [2.24, 2.45) is 0 Å². The van der Waals surface area contributed by atoms with Gasteiger partial charge in [0.25, 0.3) is 0 Å². The Hall–Kier alpha value is -2.55. The number of nitrogens with zero attached hydrogens (tertiary/aromatic N) is 1. The molecule has 0 saturated heterocycles. The molecule has 0 saturated carbocycles. The SMILES string of the molecule is Cc1ccc(Nc2ccc(N)c3cccnc23)cc1C. The lowest BCUT2D eigenvalue weighted by molar-refractivity contribution is 1.33. The standard InChI is InChI=1S/C17H17N3/c1-11-5-6-13(10-12(11)2)20-16-8-7-15(18)14-4-3-9-19-17(14)16/h3-10,20H,18H2,1-2H3. The van der Waals surface area contributed by atoms with Crippen LogP contribution in [-0.4, -0.2) is 4.98 Å². The fraction of sp³-hybridized carbons (Fsp3) is 0.118. The summed E-state index contributed by atoms with van der Waals surface area (Å²) in [5.41, 5.74) is 12.2. The molecule has 2 aromatic carbocycles. The monoisotopic (exact) mass is 263 g/mol. The second kappa shape index (κ2) is 4.85. The Labute approximate surface area is 118 Å². The first-order chi connectivity index (χ1) is 9.65. The van der Waals surface area contributed by atoms with Crippen LogP contribution in [0.1, 0.15) is 11.1 Å². The number of benzene rings is 2. The largest absolute Gasteiger partial charge is 0.398 e. The first-order valence-electron chi connectivity index (χ1n) is 6.62. The van der Waals surface area contributed by atoms with E-state index in [2.05, 4.69) is 42.3 Å². The number of nitrogen functional groups attached to an aromatic ring is 1. The van der Waals surface area contributed by atoms with Crippen molar-refractivity contribution < 1.29 is 0 Å². The smallest absolute Gasteiger partial charge is 0.0957 e. The molecular formula is C17H17N3. The van der Waals surface area contributed by atoms with E-state index in [9.17, 15) is 0 Å². The van der Waals surface area contributed by atoms with Crippen LogP contribution in [-0.2, 0) is 0 Å². The van der Waals surface area contributed by atoms with Gasteiger partial charge in [0.2, 0.25) is 0 Å². The van der Waals surface area contributed by atoms with E-state index >= 15 is 0 Å². The van der Waals surface area contributed by atoms with E-state index in [-0.39, 0.29) is 0 Å². The maximum Gasteiger partial charge on any atom is 0.0957 e. The van der Waals surface area contributed by atoms with Crippen LogP contribution in [0.2, 0.25) is 0 Å². The predicted molar refractivity (Wildman–Crippen MR) is 85.4 cm³/mol. The summed E-state index contributed by atoms with van der Waals surface area (Å²) in [6.07, 6.45) is 1.79. The lowest BCUT2D eigenvalue weighted by Crippen LogP contribution is -1.96. The number of pyridine rings is 1. The van der Waals surface area contributed by atoms with Crippen molar-refractivity contribution in [2.45, 2.75) is 13.8 Å². The molecule has 3 rings (SSSR count). The first-order valence-corrected chi connectivity index (χ1v) is 6.62. The Bertz CT molecular complexity index is 778. The molecule has 0 aliphatic carbocycles. The van der Waals surface area contributed by atoms with Crippen LogP contribution in [0, 0.1) is 13.8 Å². The van der Waals surface area contributed by atoms with Gasteiger partial charge in [0.15, 0.2) is 0 Å². The van der Waals surface area contributed by atoms with E-state index in [4.69, 9.17) is 5.73 Å². The summed E-state index contributed by atoms with van der Waals surface area (Å²) in [4.78, 5) is 4.44. The normalized spacial score (nSPS) is 10.7. The number of nitrogens with one attached hydrogen (secondary N) is 1. The van der Waals surface area contributed by atoms with E-state index in [0.29, 0.717) is 0 Å². The number of fused-ring (bicyclic) bond motifs is 1. The zero-order chi connectivity index (χ0) is 14.1. The van der Waals surface area contributed by atoms with Crippen molar-refractivity contribution in [1.82, 2.24) is 4.98 Å². The number of aryl methyl sites for hydroxylation is 2. The minimum atomic E-state index is 0.749. The molecule has 0 unspecified atom stereocenters. The fourth-order valence-electron chi connectivity index (χ4n) is 2.27. The quantitative estimate of drug-likeness (QED) is 0.682. The van der Waals surface area contributed by atoms with Gasteiger partial charge in [-0.3, -0.25) is 4.98 Å². The number of nitrogens with two attached hydrogens (primary N) is 1. The molecule has 3 nitrogen and oxygen atoms in total. The average Bonchev–Trinajstić information content (AvgIpc) is 2.46. The van der Waals surface area contributed by atoms with Crippen molar-refractivity contribution >= 4 is 28.0 Å². The molecule has 0 amide bonds. The van der Waals surface area contributed by atoms with Crippen LogP contribution >= 0.6 is 0 Å². The lowest BCUT2D eigenvalue weighted by Gasteiger charge is -2.12. The van der Waals surface area contributed by atoms with Gasteiger partial charge in [-0.25, -0.2) is 0 Å². The van der Waals surface area contributed by atoms with Crippen molar-refractivity contribution in [3.05, 3.63) is 59.8 Å². The van der Waals surface area contributed by atoms with E-state index in [0.717, 1.165) is 28.0 Å². The number of aromatic nitrogens is 1. The Kier molecular flexibility index (Phi) is 3.03. The highest BCUT2D eigenvalue weighted by atomic mass is 14.9. The van der Waals surface area contributed by atoms with Crippen molar-refractivity contribution in [2.75, 3.05) is 11.1 Å². The third-order valence-electron chi connectivity index (χ3n) is 3.59. The van der Waals surface area contributed by atoms with Crippen LogP contribution < -0.4 is 11.1 Å². The second-order valence-corrected chi connectivity index (χ2v) is 5.03. The Morgan fingerprint density at radius 1 is 1.00 bits per heavy atom.